The maximum atomic E-state index is 13.7. The first-order valence-corrected chi connectivity index (χ1v) is 7.59. The lowest BCUT2D eigenvalue weighted by molar-refractivity contribution is -0.0498. The van der Waals surface area contributed by atoms with Crippen molar-refractivity contribution in [3.63, 3.8) is 0 Å². The monoisotopic (exact) mass is 380 g/mol. The van der Waals surface area contributed by atoms with E-state index in [1.807, 2.05) is 0 Å². The number of nitrogens with one attached hydrogen (secondary N) is 1. The van der Waals surface area contributed by atoms with Crippen LogP contribution in [-0.2, 0) is 0 Å². The van der Waals surface area contributed by atoms with Crippen LogP contribution in [0.15, 0.2) is 42.5 Å². The van der Waals surface area contributed by atoms with Crippen LogP contribution in [0.3, 0.4) is 0 Å². The molecule has 1 aromatic heterocycles. The SMILES string of the molecule is Cc1c(C(=O)Nc2ccc(F)cc2F)nnn1-c1ccc(OC(F)F)cc1. The van der Waals surface area contributed by atoms with Crippen LogP contribution in [-0.4, -0.2) is 27.5 Å². The Morgan fingerprint density at radius 3 is 2.48 bits per heavy atom. The lowest BCUT2D eigenvalue weighted by Gasteiger charge is -2.07. The number of halogens is 4. The molecule has 0 atom stereocenters. The molecule has 0 aliphatic carbocycles. The van der Waals surface area contributed by atoms with Crippen molar-refractivity contribution in [3.8, 4) is 11.4 Å². The number of rotatable bonds is 5. The molecule has 0 aliphatic heterocycles. The summed E-state index contributed by atoms with van der Waals surface area (Å²) in [4.78, 5) is 12.3. The molecule has 0 radical (unpaired) electrons. The van der Waals surface area contributed by atoms with Gasteiger partial charge in [-0.3, -0.25) is 4.79 Å². The number of anilines is 1. The van der Waals surface area contributed by atoms with Crippen LogP contribution in [0, 0.1) is 18.6 Å². The first kappa shape index (κ1) is 18.4. The zero-order chi connectivity index (χ0) is 19.6. The van der Waals surface area contributed by atoms with E-state index in [1.54, 1.807) is 6.92 Å². The average molecular weight is 380 g/mol. The topological polar surface area (TPSA) is 69.0 Å². The van der Waals surface area contributed by atoms with E-state index in [2.05, 4.69) is 20.4 Å². The van der Waals surface area contributed by atoms with E-state index in [1.165, 1.54) is 28.9 Å². The number of alkyl halides is 2. The van der Waals surface area contributed by atoms with Crippen molar-refractivity contribution in [1.82, 2.24) is 15.0 Å². The van der Waals surface area contributed by atoms with E-state index in [0.29, 0.717) is 17.4 Å². The lowest BCUT2D eigenvalue weighted by Crippen LogP contribution is -2.15. The third kappa shape index (κ3) is 4.05. The van der Waals surface area contributed by atoms with Gasteiger partial charge >= 0.3 is 6.61 Å². The molecular formula is C17H12F4N4O2. The highest BCUT2D eigenvalue weighted by Crippen LogP contribution is 2.20. The van der Waals surface area contributed by atoms with Crippen LogP contribution < -0.4 is 10.1 Å². The number of amides is 1. The van der Waals surface area contributed by atoms with E-state index >= 15 is 0 Å². The molecule has 1 N–H and O–H groups in total. The van der Waals surface area contributed by atoms with Crippen LogP contribution >= 0.6 is 0 Å². The number of carbonyl (C=O) groups excluding carboxylic acids is 1. The van der Waals surface area contributed by atoms with Crippen LogP contribution in [0.2, 0.25) is 0 Å². The second-order valence-corrected chi connectivity index (χ2v) is 5.39. The molecule has 0 spiro atoms. The summed E-state index contributed by atoms with van der Waals surface area (Å²) >= 11 is 0. The summed E-state index contributed by atoms with van der Waals surface area (Å²) in [6.07, 6.45) is 0. The van der Waals surface area contributed by atoms with E-state index in [4.69, 9.17) is 0 Å². The summed E-state index contributed by atoms with van der Waals surface area (Å²) in [5, 5.41) is 9.89. The smallest absolute Gasteiger partial charge is 0.387 e. The highest BCUT2D eigenvalue weighted by molar-refractivity contribution is 6.03. The van der Waals surface area contributed by atoms with Crippen molar-refractivity contribution in [2.24, 2.45) is 0 Å². The van der Waals surface area contributed by atoms with Crippen molar-refractivity contribution < 1.29 is 27.1 Å². The Bertz CT molecular complexity index is 974. The van der Waals surface area contributed by atoms with Gasteiger partial charge in [-0.2, -0.15) is 8.78 Å². The first-order valence-electron chi connectivity index (χ1n) is 7.59. The van der Waals surface area contributed by atoms with Crippen LogP contribution in [0.25, 0.3) is 5.69 Å². The molecule has 27 heavy (non-hydrogen) atoms. The average Bonchev–Trinajstić information content (AvgIpc) is 2.99. The molecule has 140 valence electrons. The standard InChI is InChI=1S/C17H12F4N4O2/c1-9-15(16(26)22-14-7-2-10(18)8-13(14)19)23-24-25(9)11-3-5-12(6-4-11)27-17(20)21/h2-8,17H,1H3,(H,22,26). The largest absolute Gasteiger partial charge is 0.435 e. The molecule has 0 saturated heterocycles. The number of hydrogen-bond donors (Lipinski definition) is 1. The number of benzene rings is 2. The normalized spacial score (nSPS) is 10.9. The molecule has 3 rings (SSSR count). The van der Waals surface area contributed by atoms with Gasteiger partial charge in [-0.15, -0.1) is 5.10 Å². The maximum Gasteiger partial charge on any atom is 0.387 e. The number of nitrogens with zero attached hydrogens (tertiary/aromatic N) is 3. The molecule has 2 aromatic carbocycles. The van der Waals surface area contributed by atoms with Gasteiger partial charge in [0.15, 0.2) is 5.69 Å². The van der Waals surface area contributed by atoms with Gasteiger partial charge in [-0.05, 0) is 43.3 Å². The molecule has 0 aliphatic rings. The minimum absolute atomic E-state index is 0.0312. The highest BCUT2D eigenvalue weighted by Gasteiger charge is 2.19. The number of aromatic nitrogens is 3. The predicted molar refractivity (Wildman–Crippen MR) is 87.0 cm³/mol. The van der Waals surface area contributed by atoms with Crippen molar-refractivity contribution in [2.45, 2.75) is 13.5 Å². The third-order valence-electron chi connectivity index (χ3n) is 3.60. The Balaban J connectivity index is 1.81. The fourth-order valence-corrected chi connectivity index (χ4v) is 2.33. The molecule has 0 unspecified atom stereocenters. The Labute approximate surface area is 150 Å². The Hall–Kier alpha value is -3.43. The van der Waals surface area contributed by atoms with Crippen molar-refractivity contribution in [3.05, 3.63) is 65.5 Å². The zero-order valence-electron chi connectivity index (χ0n) is 13.8. The lowest BCUT2D eigenvalue weighted by atomic mass is 10.2. The summed E-state index contributed by atoms with van der Waals surface area (Å²) < 4.78 is 56.5. The molecule has 6 nitrogen and oxygen atoms in total. The molecule has 3 aromatic rings. The number of ether oxygens (including phenoxy) is 1. The van der Waals surface area contributed by atoms with Crippen LogP contribution in [0.5, 0.6) is 5.75 Å². The van der Waals surface area contributed by atoms with Crippen molar-refractivity contribution >= 4 is 11.6 Å². The molecule has 1 heterocycles. The number of hydrogen-bond acceptors (Lipinski definition) is 4. The Morgan fingerprint density at radius 1 is 1.15 bits per heavy atom. The fraction of sp³-hybridized carbons (Fsp3) is 0.118. The summed E-state index contributed by atoms with van der Waals surface area (Å²) in [6, 6.07) is 8.28. The van der Waals surface area contributed by atoms with Gasteiger partial charge in [0.25, 0.3) is 5.91 Å². The Kier molecular flexibility index (Phi) is 5.06. The zero-order valence-corrected chi connectivity index (χ0v) is 13.8. The summed E-state index contributed by atoms with van der Waals surface area (Å²) in [5.74, 6) is -2.46. The molecule has 0 saturated carbocycles. The Morgan fingerprint density at radius 2 is 1.85 bits per heavy atom. The molecule has 0 bridgehead atoms. The minimum atomic E-state index is -2.94. The molecule has 0 fully saturated rings. The van der Waals surface area contributed by atoms with Gasteiger partial charge < -0.3 is 10.1 Å². The maximum absolute atomic E-state index is 13.7. The minimum Gasteiger partial charge on any atom is -0.435 e. The fourth-order valence-electron chi connectivity index (χ4n) is 2.33. The van der Waals surface area contributed by atoms with E-state index < -0.39 is 24.2 Å². The van der Waals surface area contributed by atoms with Gasteiger partial charge in [-0.1, -0.05) is 5.21 Å². The number of carbonyl (C=O) groups is 1. The van der Waals surface area contributed by atoms with Crippen LogP contribution in [0.1, 0.15) is 16.2 Å². The molecule has 1 amide bonds. The van der Waals surface area contributed by atoms with Gasteiger partial charge in [0.2, 0.25) is 0 Å². The van der Waals surface area contributed by atoms with Gasteiger partial charge in [0, 0.05) is 6.07 Å². The van der Waals surface area contributed by atoms with Gasteiger partial charge in [0.05, 0.1) is 17.1 Å². The molecule has 10 heteroatoms. The summed E-state index contributed by atoms with van der Waals surface area (Å²) in [7, 11) is 0. The predicted octanol–water partition coefficient (Wildman–Crippen LogP) is 3.71. The van der Waals surface area contributed by atoms with E-state index in [-0.39, 0.29) is 17.1 Å². The first-order chi connectivity index (χ1) is 12.8. The van der Waals surface area contributed by atoms with Crippen LogP contribution in [0.4, 0.5) is 23.2 Å². The second-order valence-electron chi connectivity index (χ2n) is 5.39. The van der Waals surface area contributed by atoms with Gasteiger partial charge in [0.1, 0.15) is 17.4 Å². The van der Waals surface area contributed by atoms with Gasteiger partial charge in [-0.25, -0.2) is 13.5 Å². The summed E-state index contributed by atoms with van der Waals surface area (Å²) in [6.45, 7) is -1.38. The second kappa shape index (κ2) is 7.44. The summed E-state index contributed by atoms with van der Waals surface area (Å²) in [5.41, 5.74) is 0.502. The van der Waals surface area contributed by atoms with Crippen molar-refractivity contribution in [2.75, 3.05) is 5.32 Å². The molecular weight excluding hydrogens is 368 g/mol. The van der Waals surface area contributed by atoms with E-state index in [0.717, 1.165) is 12.1 Å². The quantitative estimate of drug-likeness (QED) is 0.686. The third-order valence-corrected chi connectivity index (χ3v) is 3.60. The highest BCUT2D eigenvalue weighted by atomic mass is 19.3. The van der Waals surface area contributed by atoms with Crippen molar-refractivity contribution in [1.29, 1.82) is 0 Å². The van der Waals surface area contributed by atoms with E-state index in [9.17, 15) is 22.4 Å².